The Kier molecular flexibility index (Phi) is 3.99. The lowest BCUT2D eigenvalue weighted by Gasteiger charge is -2.31. The molecule has 2 rings (SSSR count). The third-order valence-electron chi connectivity index (χ3n) is 3.43. The molecule has 1 saturated carbocycles. The van der Waals surface area contributed by atoms with Crippen LogP contribution in [0.5, 0.6) is 0 Å². The van der Waals surface area contributed by atoms with E-state index in [0.717, 1.165) is 16.8 Å². The molecule has 100 valence electrons. The molecule has 7 heteroatoms. The van der Waals surface area contributed by atoms with Gasteiger partial charge in [0.2, 0.25) is 0 Å². The molecule has 0 aromatic carbocycles. The van der Waals surface area contributed by atoms with Crippen LogP contribution in [0.15, 0.2) is 0 Å². The highest BCUT2D eigenvalue weighted by Gasteiger charge is 2.34. The van der Waals surface area contributed by atoms with Gasteiger partial charge in [-0.3, -0.25) is 0 Å². The minimum absolute atomic E-state index is 0.203. The van der Waals surface area contributed by atoms with Gasteiger partial charge < -0.3 is 5.32 Å². The van der Waals surface area contributed by atoms with Gasteiger partial charge in [0.05, 0.1) is 0 Å². The van der Waals surface area contributed by atoms with Crippen LogP contribution in [-0.4, -0.2) is 44.2 Å². The summed E-state index contributed by atoms with van der Waals surface area (Å²) in [4.78, 5) is 0. The Bertz CT molecular complexity index is 349. The van der Waals surface area contributed by atoms with E-state index in [1.807, 2.05) is 0 Å². The van der Waals surface area contributed by atoms with E-state index in [9.17, 15) is 17.2 Å². The molecule has 2 fully saturated rings. The van der Waals surface area contributed by atoms with Gasteiger partial charge in [-0.1, -0.05) is 0 Å². The largest absolute Gasteiger partial charge is 0.350 e. The van der Waals surface area contributed by atoms with E-state index in [0.29, 0.717) is 12.8 Å². The van der Waals surface area contributed by atoms with Crippen LogP contribution >= 0.6 is 0 Å². The van der Waals surface area contributed by atoms with Crippen molar-refractivity contribution in [3.8, 4) is 0 Å². The van der Waals surface area contributed by atoms with E-state index in [4.69, 9.17) is 0 Å². The Morgan fingerprint density at radius 1 is 1.18 bits per heavy atom. The molecule has 2 aliphatic rings. The van der Waals surface area contributed by atoms with Gasteiger partial charge in [0, 0.05) is 19.1 Å². The number of nitrogens with one attached hydrogen (secondary N) is 1. The summed E-state index contributed by atoms with van der Waals surface area (Å²) in [7, 11) is -4.37. The predicted octanol–water partition coefficient (Wildman–Crippen LogP) is 1.00. The second-order valence-electron chi connectivity index (χ2n) is 4.83. The molecule has 1 aliphatic heterocycles. The van der Waals surface area contributed by atoms with Crippen LogP contribution in [0.3, 0.4) is 0 Å². The number of piperidine rings is 1. The topological polar surface area (TPSA) is 49.4 Å². The molecule has 4 nitrogen and oxygen atoms in total. The van der Waals surface area contributed by atoms with E-state index in [2.05, 4.69) is 5.32 Å². The molecular weight excluding hydrogens is 250 g/mol. The Morgan fingerprint density at radius 2 is 1.76 bits per heavy atom. The first-order chi connectivity index (χ1) is 8.00. The van der Waals surface area contributed by atoms with Gasteiger partial charge in [-0.05, 0) is 38.1 Å². The van der Waals surface area contributed by atoms with E-state index >= 15 is 0 Å². The monoisotopic (exact) mass is 268 g/mol. The molecule has 0 bridgehead atoms. The predicted molar refractivity (Wildman–Crippen MR) is 60.2 cm³/mol. The number of halogens is 2. The summed E-state index contributed by atoms with van der Waals surface area (Å²) in [5.74, 6) is -2.52. The minimum Gasteiger partial charge on any atom is -0.314 e. The first kappa shape index (κ1) is 13.2. The molecule has 0 aromatic heterocycles. The number of nitrogens with zero attached hydrogens (tertiary/aromatic N) is 1. The molecule has 17 heavy (non-hydrogen) atoms. The number of rotatable bonds is 5. The van der Waals surface area contributed by atoms with Crippen molar-refractivity contribution < 1.29 is 17.2 Å². The van der Waals surface area contributed by atoms with Gasteiger partial charge in [0.25, 0.3) is 10.0 Å². The van der Waals surface area contributed by atoms with E-state index in [-0.39, 0.29) is 19.1 Å². The first-order valence-corrected chi connectivity index (χ1v) is 7.51. The van der Waals surface area contributed by atoms with Crippen LogP contribution in [0.2, 0.25) is 0 Å². The summed E-state index contributed by atoms with van der Waals surface area (Å²) in [5, 5.41) is 3.38. The summed E-state index contributed by atoms with van der Waals surface area (Å²) >= 11 is 0. The van der Waals surface area contributed by atoms with Crippen LogP contribution in [-0.2, 0) is 10.0 Å². The molecule has 1 saturated heterocycles. The fourth-order valence-electron chi connectivity index (χ4n) is 2.08. The van der Waals surface area contributed by atoms with E-state index in [1.165, 1.54) is 12.8 Å². The fraction of sp³-hybridized carbons (Fsp3) is 1.00. The van der Waals surface area contributed by atoms with Gasteiger partial charge in [0.15, 0.2) is 0 Å². The summed E-state index contributed by atoms with van der Waals surface area (Å²) < 4.78 is 48.0. The Hall–Kier alpha value is -0.270. The molecule has 0 atom stereocenters. The summed E-state index contributed by atoms with van der Waals surface area (Å²) in [6.45, 7) is 1.39. The van der Waals surface area contributed by atoms with Crippen molar-refractivity contribution in [1.29, 1.82) is 0 Å². The smallest absolute Gasteiger partial charge is 0.314 e. The van der Waals surface area contributed by atoms with Crippen LogP contribution in [0, 0.1) is 5.92 Å². The maximum absolute atomic E-state index is 12.3. The summed E-state index contributed by atoms with van der Waals surface area (Å²) in [6.07, 6.45) is 3.79. The quantitative estimate of drug-likeness (QED) is 0.809. The lowest BCUT2D eigenvalue weighted by molar-refractivity contribution is 0.207. The number of hydrogen-bond donors (Lipinski definition) is 1. The third kappa shape index (κ3) is 3.35. The third-order valence-corrected chi connectivity index (χ3v) is 4.97. The molecule has 0 spiro atoms. The molecule has 0 unspecified atom stereocenters. The lowest BCUT2D eigenvalue weighted by Crippen LogP contribution is -2.46. The summed E-state index contributed by atoms with van der Waals surface area (Å²) in [5.41, 5.74) is 0. The Morgan fingerprint density at radius 3 is 2.24 bits per heavy atom. The molecule has 1 N–H and O–H groups in total. The van der Waals surface area contributed by atoms with Crippen molar-refractivity contribution in [3.63, 3.8) is 0 Å². The second-order valence-corrected chi connectivity index (χ2v) is 6.73. The fourth-order valence-corrected chi connectivity index (χ4v) is 3.03. The molecule has 1 aliphatic carbocycles. The molecule has 0 radical (unpaired) electrons. The van der Waals surface area contributed by atoms with Crippen molar-refractivity contribution in [2.75, 3.05) is 19.6 Å². The molecule has 0 aromatic rings. The van der Waals surface area contributed by atoms with Crippen LogP contribution in [0.4, 0.5) is 8.78 Å². The van der Waals surface area contributed by atoms with Gasteiger partial charge in [-0.15, -0.1) is 0 Å². The Balaban J connectivity index is 1.76. The zero-order valence-corrected chi connectivity index (χ0v) is 10.4. The highest BCUT2D eigenvalue weighted by molar-refractivity contribution is 7.89. The van der Waals surface area contributed by atoms with Crippen LogP contribution in [0.25, 0.3) is 0 Å². The van der Waals surface area contributed by atoms with Crippen molar-refractivity contribution in [1.82, 2.24) is 9.62 Å². The molecule has 0 amide bonds. The standard InChI is InChI=1S/C10H18F2N2O2S/c11-10(12)17(15,16)14-5-3-9(4-6-14)13-7-8-1-2-8/h8-10,13H,1-7H2. The zero-order valence-electron chi connectivity index (χ0n) is 9.61. The SMILES string of the molecule is O=S(=O)(C(F)F)N1CCC(NCC2CC2)CC1. The van der Waals surface area contributed by atoms with Crippen LogP contribution in [0.1, 0.15) is 25.7 Å². The normalized spacial score (nSPS) is 24.4. The van der Waals surface area contributed by atoms with Gasteiger partial charge in [0.1, 0.15) is 0 Å². The van der Waals surface area contributed by atoms with E-state index < -0.39 is 15.8 Å². The van der Waals surface area contributed by atoms with Gasteiger partial charge >= 0.3 is 5.76 Å². The van der Waals surface area contributed by atoms with Crippen molar-refractivity contribution in [2.45, 2.75) is 37.5 Å². The maximum atomic E-state index is 12.3. The number of sulfonamides is 1. The van der Waals surface area contributed by atoms with E-state index in [1.54, 1.807) is 0 Å². The second kappa shape index (κ2) is 5.16. The minimum atomic E-state index is -4.37. The van der Waals surface area contributed by atoms with Crippen LogP contribution < -0.4 is 5.32 Å². The highest BCUT2D eigenvalue weighted by Crippen LogP contribution is 2.28. The van der Waals surface area contributed by atoms with Crippen molar-refractivity contribution in [2.24, 2.45) is 5.92 Å². The summed E-state index contributed by atoms with van der Waals surface area (Å²) in [6, 6.07) is 0.278. The maximum Gasteiger partial charge on any atom is 0.350 e. The molecule has 1 heterocycles. The van der Waals surface area contributed by atoms with Gasteiger partial charge in [-0.25, -0.2) is 8.42 Å². The highest BCUT2D eigenvalue weighted by atomic mass is 32.2. The number of alkyl halides is 2. The first-order valence-electron chi connectivity index (χ1n) is 6.00. The number of hydrogen-bond acceptors (Lipinski definition) is 3. The molecular formula is C10H18F2N2O2S. The average Bonchev–Trinajstić information content (AvgIpc) is 3.10. The van der Waals surface area contributed by atoms with Crippen molar-refractivity contribution in [3.05, 3.63) is 0 Å². The van der Waals surface area contributed by atoms with Gasteiger partial charge in [-0.2, -0.15) is 13.1 Å². The Labute approximate surface area is 100 Å². The zero-order chi connectivity index (χ0) is 12.5. The average molecular weight is 268 g/mol. The lowest BCUT2D eigenvalue weighted by atomic mass is 10.1. The van der Waals surface area contributed by atoms with Crippen molar-refractivity contribution >= 4 is 10.0 Å².